The van der Waals surface area contributed by atoms with E-state index in [-0.39, 0.29) is 36.4 Å². The van der Waals surface area contributed by atoms with Gasteiger partial charge in [0.25, 0.3) is 0 Å². The minimum Gasteiger partial charge on any atom is -0.357 e. The third kappa shape index (κ3) is 6.72. The second-order valence-corrected chi connectivity index (χ2v) is 5.41. The molecule has 2 rings (SSSR count). The van der Waals surface area contributed by atoms with Crippen LogP contribution >= 0.6 is 24.0 Å². The van der Waals surface area contributed by atoms with Gasteiger partial charge in [-0.25, -0.2) is 4.99 Å². The summed E-state index contributed by atoms with van der Waals surface area (Å²) in [6, 6.07) is 5.89. The Kier molecular flexibility index (Phi) is 8.90. The molecule has 0 atom stereocenters. The van der Waals surface area contributed by atoms with Gasteiger partial charge in [-0.15, -0.1) is 24.0 Å². The number of carbonyl (C=O) groups is 1. The zero-order chi connectivity index (χ0) is 15.8. The molecule has 1 aliphatic rings. The van der Waals surface area contributed by atoms with E-state index in [1.165, 1.54) is 0 Å². The van der Waals surface area contributed by atoms with E-state index in [0.717, 1.165) is 43.9 Å². The third-order valence-corrected chi connectivity index (χ3v) is 3.56. The van der Waals surface area contributed by atoms with Gasteiger partial charge in [0.15, 0.2) is 5.96 Å². The molecule has 0 aromatic carbocycles. The van der Waals surface area contributed by atoms with Crippen LogP contribution < -0.4 is 10.6 Å². The Morgan fingerprint density at radius 1 is 1.30 bits per heavy atom. The number of aliphatic imine (C=N–C) groups is 1. The van der Waals surface area contributed by atoms with Gasteiger partial charge in [0, 0.05) is 25.3 Å². The molecule has 23 heavy (non-hydrogen) atoms. The Morgan fingerprint density at radius 2 is 2.04 bits per heavy atom. The average molecular weight is 431 g/mol. The highest BCUT2D eigenvalue weighted by atomic mass is 127. The van der Waals surface area contributed by atoms with E-state index in [4.69, 9.17) is 0 Å². The van der Waals surface area contributed by atoms with Gasteiger partial charge in [-0.2, -0.15) is 0 Å². The molecule has 0 spiro atoms. The summed E-state index contributed by atoms with van der Waals surface area (Å²) in [5.41, 5.74) is 1.90. The second-order valence-electron chi connectivity index (χ2n) is 5.41. The number of carbonyl (C=O) groups excluding carboxylic acids is 1. The maximum Gasteiger partial charge on any atom is 0.241 e. The predicted octanol–water partition coefficient (Wildman–Crippen LogP) is 1.69. The molecule has 7 heteroatoms. The van der Waals surface area contributed by atoms with Crippen LogP contribution in [-0.2, 0) is 11.3 Å². The van der Waals surface area contributed by atoms with Crippen LogP contribution in [0, 0.1) is 6.92 Å². The highest BCUT2D eigenvalue weighted by Gasteiger charge is 2.17. The van der Waals surface area contributed by atoms with E-state index in [2.05, 4.69) is 20.6 Å². The lowest BCUT2D eigenvalue weighted by atomic mass is 10.3. The minimum atomic E-state index is 0. The lowest BCUT2D eigenvalue weighted by Gasteiger charge is -2.17. The van der Waals surface area contributed by atoms with Gasteiger partial charge < -0.3 is 15.5 Å². The SMILES string of the molecule is CCNC(=NCc1cccc(C)n1)NCC(=O)N1CCCC1.I. The van der Waals surface area contributed by atoms with Gasteiger partial charge in [0.1, 0.15) is 0 Å². The van der Waals surface area contributed by atoms with E-state index in [1.807, 2.05) is 36.9 Å². The Hall–Kier alpha value is -1.38. The van der Waals surface area contributed by atoms with E-state index < -0.39 is 0 Å². The molecule has 1 saturated heterocycles. The molecular formula is C16H26IN5O. The van der Waals surface area contributed by atoms with Gasteiger partial charge in [0.2, 0.25) is 5.91 Å². The number of aromatic nitrogens is 1. The molecule has 1 fully saturated rings. The van der Waals surface area contributed by atoms with Crippen molar-refractivity contribution in [2.24, 2.45) is 4.99 Å². The van der Waals surface area contributed by atoms with E-state index in [9.17, 15) is 4.79 Å². The Bertz CT molecular complexity index is 529. The first kappa shape index (κ1) is 19.7. The van der Waals surface area contributed by atoms with Crippen molar-refractivity contribution in [2.75, 3.05) is 26.2 Å². The quantitative estimate of drug-likeness (QED) is 0.423. The average Bonchev–Trinajstić information content (AvgIpc) is 3.04. The number of hydrogen-bond acceptors (Lipinski definition) is 3. The number of likely N-dealkylation sites (tertiary alicyclic amines) is 1. The van der Waals surface area contributed by atoms with Crippen LogP contribution in [0.3, 0.4) is 0 Å². The lowest BCUT2D eigenvalue weighted by Crippen LogP contribution is -2.44. The van der Waals surface area contributed by atoms with Crippen molar-refractivity contribution in [3.63, 3.8) is 0 Å². The van der Waals surface area contributed by atoms with Gasteiger partial charge in [-0.3, -0.25) is 9.78 Å². The molecule has 1 aliphatic heterocycles. The number of guanidine groups is 1. The Morgan fingerprint density at radius 3 is 2.70 bits per heavy atom. The number of rotatable bonds is 5. The first-order valence-corrected chi connectivity index (χ1v) is 7.91. The summed E-state index contributed by atoms with van der Waals surface area (Å²) in [5.74, 6) is 0.787. The smallest absolute Gasteiger partial charge is 0.241 e. The lowest BCUT2D eigenvalue weighted by molar-refractivity contribution is -0.128. The van der Waals surface area contributed by atoms with Crippen LogP contribution in [0.2, 0.25) is 0 Å². The van der Waals surface area contributed by atoms with Gasteiger partial charge >= 0.3 is 0 Å². The van der Waals surface area contributed by atoms with Crippen molar-refractivity contribution in [1.82, 2.24) is 20.5 Å². The summed E-state index contributed by atoms with van der Waals surface area (Å²) in [6.07, 6.45) is 2.22. The predicted molar refractivity (Wildman–Crippen MR) is 103 cm³/mol. The number of pyridine rings is 1. The summed E-state index contributed by atoms with van der Waals surface area (Å²) < 4.78 is 0. The molecule has 1 amide bonds. The molecule has 1 aromatic heterocycles. The summed E-state index contributed by atoms with van der Waals surface area (Å²) >= 11 is 0. The molecular weight excluding hydrogens is 405 g/mol. The van der Waals surface area contributed by atoms with E-state index in [0.29, 0.717) is 12.5 Å². The van der Waals surface area contributed by atoms with Gasteiger partial charge in [-0.1, -0.05) is 6.07 Å². The van der Waals surface area contributed by atoms with Crippen molar-refractivity contribution in [3.8, 4) is 0 Å². The fraction of sp³-hybridized carbons (Fsp3) is 0.562. The summed E-state index contributed by atoms with van der Waals surface area (Å²) in [7, 11) is 0. The fourth-order valence-corrected chi connectivity index (χ4v) is 2.43. The second kappa shape index (κ2) is 10.4. The zero-order valence-corrected chi connectivity index (χ0v) is 16.2. The van der Waals surface area contributed by atoms with Crippen LogP contribution in [0.25, 0.3) is 0 Å². The standard InChI is InChI=1S/C16H25N5O.HI/c1-3-17-16(18-11-14-8-6-7-13(2)20-14)19-12-15(22)21-9-4-5-10-21;/h6-8H,3-5,9-12H2,1-2H3,(H2,17,18,19);1H. The topological polar surface area (TPSA) is 69.6 Å². The molecule has 0 radical (unpaired) electrons. The van der Waals surface area contributed by atoms with Crippen molar-refractivity contribution in [1.29, 1.82) is 0 Å². The normalized spacial score (nSPS) is 14.3. The van der Waals surface area contributed by atoms with E-state index in [1.54, 1.807) is 0 Å². The summed E-state index contributed by atoms with van der Waals surface area (Å²) in [6.45, 7) is 7.26. The first-order valence-electron chi connectivity index (χ1n) is 7.91. The van der Waals surface area contributed by atoms with Crippen LogP contribution in [0.5, 0.6) is 0 Å². The number of nitrogens with zero attached hydrogens (tertiary/aromatic N) is 3. The molecule has 2 N–H and O–H groups in total. The minimum absolute atomic E-state index is 0. The van der Waals surface area contributed by atoms with Crippen molar-refractivity contribution >= 4 is 35.8 Å². The van der Waals surface area contributed by atoms with Gasteiger partial charge in [-0.05, 0) is 38.8 Å². The molecule has 0 bridgehead atoms. The number of amides is 1. The Labute approximate surface area is 155 Å². The summed E-state index contributed by atoms with van der Waals surface area (Å²) in [4.78, 5) is 22.9. The molecule has 0 unspecified atom stereocenters. The van der Waals surface area contributed by atoms with E-state index >= 15 is 0 Å². The fourth-order valence-electron chi connectivity index (χ4n) is 2.43. The molecule has 0 aliphatic carbocycles. The Balaban J connectivity index is 0.00000264. The number of hydrogen-bond donors (Lipinski definition) is 2. The van der Waals surface area contributed by atoms with Crippen molar-refractivity contribution < 1.29 is 4.79 Å². The van der Waals surface area contributed by atoms with Crippen molar-refractivity contribution in [2.45, 2.75) is 33.2 Å². The van der Waals surface area contributed by atoms with Crippen LogP contribution in [-0.4, -0.2) is 47.9 Å². The number of nitrogens with one attached hydrogen (secondary N) is 2. The largest absolute Gasteiger partial charge is 0.357 e. The van der Waals surface area contributed by atoms with Crippen LogP contribution in [0.1, 0.15) is 31.2 Å². The monoisotopic (exact) mass is 431 g/mol. The summed E-state index contributed by atoms with van der Waals surface area (Å²) in [5, 5.41) is 6.26. The molecule has 1 aromatic rings. The van der Waals surface area contributed by atoms with Gasteiger partial charge in [0.05, 0.1) is 18.8 Å². The highest BCUT2D eigenvalue weighted by Crippen LogP contribution is 2.06. The molecule has 128 valence electrons. The number of halogens is 1. The zero-order valence-electron chi connectivity index (χ0n) is 13.8. The number of aryl methyl sites for hydroxylation is 1. The molecule has 0 saturated carbocycles. The molecule has 6 nitrogen and oxygen atoms in total. The maximum absolute atomic E-state index is 12.0. The molecule has 2 heterocycles. The van der Waals surface area contributed by atoms with Crippen LogP contribution in [0.4, 0.5) is 0 Å². The van der Waals surface area contributed by atoms with Crippen LogP contribution in [0.15, 0.2) is 23.2 Å². The highest BCUT2D eigenvalue weighted by molar-refractivity contribution is 14.0. The van der Waals surface area contributed by atoms with Crippen molar-refractivity contribution in [3.05, 3.63) is 29.6 Å². The first-order chi connectivity index (χ1) is 10.7. The third-order valence-electron chi connectivity index (χ3n) is 3.56. The maximum atomic E-state index is 12.0.